The van der Waals surface area contributed by atoms with Gasteiger partial charge in [0, 0.05) is 0 Å². The third-order valence-corrected chi connectivity index (χ3v) is 9.92. The molecule has 0 amide bonds. The standard InChI is InChI=1S/C13H25ClSi/c1-5-7-9-11-15(14,13(3)4)12-10-8-6-2/h5-6,13H,1-2,7-12H2,3-4H3. The Labute approximate surface area is 101 Å². The van der Waals surface area contributed by atoms with Gasteiger partial charge < -0.3 is 0 Å². The third-order valence-electron chi connectivity index (χ3n) is 3.04. The van der Waals surface area contributed by atoms with Crippen LogP contribution in [0.2, 0.25) is 17.6 Å². The highest BCUT2D eigenvalue weighted by molar-refractivity contribution is 7.21. The summed E-state index contributed by atoms with van der Waals surface area (Å²) in [4.78, 5) is 0. The van der Waals surface area contributed by atoms with Crippen LogP contribution in [0.25, 0.3) is 0 Å². The minimum atomic E-state index is -1.52. The molecule has 0 aliphatic rings. The first-order valence-electron chi connectivity index (χ1n) is 5.97. The van der Waals surface area contributed by atoms with Crippen LogP contribution in [-0.2, 0) is 0 Å². The van der Waals surface area contributed by atoms with Crippen molar-refractivity contribution in [3.8, 4) is 0 Å². The fourth-order valence-corrected chi connectivity index (χ4v) is 5.57. The number of rotatable bonds is 9. The van der Waals surface area contributed by atoms with Crippen LogP contribution in [0.15, 0.2) is 25.3 Å². The Bertz CT molecular complexity index is 173. The van der Waals surface area contributed by atoms with E-state index in [0.29, 0.717) is 5.54 Å². The first-order valence-corrected chi connectivity index (χ1v) is 9.48. The second kappa shape index (κ2) is 8.18. The zero-order valence-corrected chi connectivity index (χ0v) is 12.0. The summed E-state index contributed by atoms with van der Waals surface area (Å²) >= 11 is 6.82. The fraction of sp³-hybridized carbons (Fsp3) is 0.692. The lowest BCUT2D eigenvalue weighted by Gasteiger charge is -2.28. The Kier molecular flexibility index (Phi) is 8.17. The molecule has 0 radical (unpaired) electrons. The second-order valence-corrected chi connectivity index (χ2v) is 11.0. The molecule has 0 rings (SSSR count). The largest absolute Gasteiger partial charge is 0.167 e. The van der Waals surface area contributed by atoms with Crippen LogP contribution < -0.4 is 0 Å². The van der Waals surface area contributed by atoms with E-state index in [2.05, 4.69) is 27.0 Å². The van der Waals surface area contributed by atoms with Crippen molar-refractivity contribution in [2.24, 2.45) is 0 Å². The molecule has 0 unspecified atom stereocenters. The molecule has 0 saturated heterocycles. The quantitative estimate of drug-likeness (QED) is 0.217. The van der Waals surface area contributed by atoms with Crippen LogP contribution in [0, 0.1) is 0 Å². The second-order valence-electron chi connectivity index (χ2n) is 4.55. The van der Waals surface area contributed by atoms with Crippen molar-refractivity contribution in [1.29, 1.82) is 0 Å². The number of hydrogen-bond acceptors (Lipinski definition) is 0. The van der Waals surface area contributed by atoms with E-state index in [1.807, 2.05) is 12.2 Å². The van der Waals surface area contributed by atoms with Gasteiger partial charge in [-0.15, -0.1) is 13.2 Å². The Morgan fingerprint density at radius 3 is 1.73 bits per heavy atom. The average Bonchev–Trinajstić information content (AvgIpc) is 2.18. The van der Waals surface area contributed by atoms with Gasteiger partial charge in [-0.1, -0.05) is 38.8 Å². The predicted octanol–water partition coefficient (Wildman–Crippen LogP) is 5.51. The molecule has 15 heavy (non-hydrogen) atoms. The van der Waals surface area contributed by atoms with Crippen LogP contribution in [0.4, 0.5) is 0 Å². The molecule has 0 N–H and O–H groups in total. The maximum absolute atomic E-state index is 6.82. The summed E-state index contributed by atoms with van der Waals surface area (Å²) in [5.41, 5.74) is 0.675. The summed E-state index contributed by atoms with van der Waals surface area (Å²) in [6.45, 7) is 12.1. The lowest BCUT2D eigenvalue weighted by molar-refractivity contribution is 0.857. The molecule has 0 heterocycles. The van der Waals surface area contributed by atoms with Crippen molar-refractivity contribution in [3.05, 3.63) is 25.3 Å². The molecule has 0 aliphatic heterocycles. The topological polar surface area (TPSA) is 0 Å². The van der Waals surface area contributed by atoms with E-state index in [-0.39, 0.29) is 0 Å². The van der Waals surface area contributed by atoms with Crippen molar-refractivity contribution in [2.45, 2.75) is 57.2 Å². The molecule has 0 aromatic carbocycles. The van der Waals surface area contributed by atoms with Crippen LogP contribution in [-0.4, -0.2) is 7.38 Å². The Morgan fingerprint density at radius 1 is 1.07 bits per heavy atom. The zero-order chi connectivity index (χ0) is 11.7. The summed E-state index contributed by atoms with van der Waals surface area (Å²) < 4.78 is 0. The van der Waals surface area contributed by atoms with Crippen molar-refractivity contribution < 1.29 is 0 Å². The summed E-state index contributed by atoms with van der Waals surface area (Å²) in [6.07, 6.45) is 8.63. The highest BCUT2D eigenvalue weighted by Crippen LogP contribution is 2.36. The molecule has 0 aromatic heterocycles. The summed E-state index contributed by atoms with van der Waals surface area (Å²) in [5.74, 6) is 0. The number of hydrogen-bond donors (Lipinski definition) is 0. The Morgan fingerprint density at radius 2 is 1.47 bits per heavy atom. The smallest absolute Gasteiger partial charge is 0.159 e. The van der Waals surface area contributed by atoms with Gasteiger partial charge in [0.15, 0.2) is 7.38 Å². The van der Waals surface area contributed by atoms with Gasteiger partial charge in [-0.25, -0.2) is 0 Å². The lowest BCUT2D eigenvalue weighted by Crippen LogP contribution is -2.30. The number of unbranched alkanes of at least 4 members (excludes halogenated alkanes) is 2. The minimum Gasteiger partial charge on any atom is -0.167 e. The first kappa shape index (κ1) is 15.0. The number of halogens is 1. The van der Waals surface area contributed by atoms with Crippen molar-refractivity contribution in [2.75, 3.05) is 0 Å². The molecule has 0 nitrogen and oxygen atoms in total. The van der Waals surface area contributed by atoms with Gasteiger partial charge >= 0.3 is 0 Å². The van der Waals surface area contributed by atoms with Crippen LogP contribution >= 0.6 is 11.1 Å². The van der Waals surface area contributed by atoms with Gasteiger partial charge in [-0.3, -0.25) is 0 Å². The van der Waals surface area contributed by atoms with Crippen molar-refractivity contribution in [1.82, 2.24) is 0 Å². The van der Waals surface area contributed by atoms with Gasteiger partial charge in [-0.05, 0) is 30.5 Å². The van der Waals surface area contributed by atoms with E-state index in [0.717, 1.165) is 12.8 Å². The summed E-state index contributed by atoms with van der Waals surface area (Å²) in [5, 5.41) is 0. The molecule has 0 fully saturated rings. The van der Waals surface area contributed by atoms with Gasteiger partial charge in [0.2, 0.25) is 0 Å². The molecule has 0 spiro atoms. The van der Waals surface area contributed by atoms with E-state index in [1.165, 1.54) is 24.9 Å². The van der Waals surface area contributed by atoms with Crippen molar-refractivity contribution in [3.63, 3.8) is 0 Å². The van der Waals surface area contributed by atoms with E-state index in [9.17, 15) is 0 Å². The van der Waals surface area contributed by atoms with E-state index < -0.39 is 7.38 Å². The van der Waals surface area contributed by atoms with Crippen LogP contribution in [0.5, 0.6) is 0 Å². The molecular weight excluding hydrogens is 220 g/mol. The van der Waals surface area contributed by atoms with Crippen LogP contribution in [0.3, 0.4) is 0 Å². The molecule has 0 aromatic rings. The van der Waals surface area contributed by atoms with Gasteiger partial charge in [-0.2, -0.15) is 11.1 Å². The normalized spacial score (nSPS) is 11.7. The Balaban J connectivity index is 4.05. The molecule has 88 valence electrons. The maximum Gasteiger partial charge on any atom is 0.159 e. The van der Waals surface area contributed by atoms with Gasteiger partial charge in [0.05, 0.1) is 0 Å². The highest BCUT2D eigenvalue weighted by atomic mass is 35.6. The lowest BCUT2D eigenvalue weighted by atomic mass is 10.3. The summed E-state index contributed by atoms with van der Waals surface area (Å²) in [6, 6.07) is 2.46. The monoisotopic (exact) mass is 244 g/mol. The third kappa shape index (κ3) is 6.21. The number of allylic oxidation sites excluding steroid dienone is 2. The predicted molar refractivity (Wildman–Crippen MR) is 75.2 cm³/mol. The zero-order valence-electron chi connectivity index (χ0n) is 10.3. The molecule has 0 bridgehead atoms. The maximum atomic E-state index is 6.82. The van der Waals surface area contributed by atoms with Gasteiger partial charge in [0.1, 0.15) is 0 Å². The molecule has 2 heteroatoms. The van der Waals surface area contributed by atoms with Crippen molar-refractivity contribution >= 4 is 18.5 Å². The fourth-order valence-electron chi connectivity index (χ4n) is 1.78. The average molecular weight is 245 g/mol. The first-order chi connectivity index (χ1) is 7.06. The summed E-state index contributed by atoms with van der Waals surface area (Å²) in [7, 11) is -1.52. The highest BCUT2D eigenvalue weighted by Gasteiger charge is 2.32. The Hall–Kier alpha value is -0.0131. The minimum absolute atomic E-state index is 0.675. The molecule has 0 saturated carbocycles. The molecule has 0 atom stereocenters. The molecular formula is C13H25ClSi. The van der Waals surface area contributed by atoms with E-state index >= 15 is 0 Å². The van der Waals surface area contributed by atoms with Crippen LogP contribution in [0.1, 0.15) is 39.5 Å². The van der Waals surface area contributed by atoms with E-state index in [4.69, 9.17) is 11.1 Å². The molecule has 0 aliphatic carbocycles. The SMILES string of the molecule is C=CCCC[Si](Cl)(CCCC=C)C(C)C. The van der Waals surface area contributed by atoms with Gasteiger partial charge in [0.25, 0.3) is 0 Å². The van der Waals surface area contributed by atoms with E-state index in [1.54, 1.807) is 0 Å².